The number of carbonyl (C=O) groups excluding carboxylic acids is 1. The van der Waals surface area contributed by atoms with Crippen LogP contribution in [0.25, 0.3) is 0 Å². The topological polar surface area (TPSA) is 66.5 Å². The second kappa shape index (κ2) is 8.03. The highest BCUT2D eigenvalue weighted by molar-refractivity contribution is 7.88. The lowest BCUT2D eigenvalue weighted by molar-refractivity contribution is 0.0951. The van der Waals surface area contributed by atoms with Crippen LogP contribution in [0.1, 0.15) is 15.9 Å². The van der Waals surface area contributed by atoms with Crippen molar-refractivity contribution in [1.82, 2.24) is 9.62 Å². The third kappa shape index (κ3) is 5.43. The second-order valence-electron chi connectivity index (χ2n) is 5.34. The zero-order chi connectivity index (χ0) is 17.6. The van der Waals surface area contributed by atoms with Gasteiger partial charge in [0.1, 0.15) is 5.82 Å². The fourth-order valence-electron chi connectivity index (χ4n) is 2.15. The molecule has 0 heterocycles. The van der Waals surface area contributed by atoms with Gasteiger partial charge in [-0.1, -0.05) is 30.3 Å². The largest absolute Gasteiger partial charge is 0.351 e. The molecule has 0 saturated carbocycles. The van der Waals surface area contributed by atoms with Crippen molar-refractivity contribution in [2.24, 2.45) is 0 Å². The van der Waals surface area contributed by atoms with Gasteiger partial charge >= 0.3 is 0 Å². The van der Waals surface area contributed by atoms with Gasteiger partial charge in [0.15, 0.2) is 0 Å². The molecule has 2 rings (SSSR count). The molecule has 0 aromatic heterocycles. The molecule has 5 nitrogen and oxygen atoms in total. The normalized spacial score (nSPS) is 11.5. The van der Waals surface area contributed by atoms with Crippen LogP contribution in [0, 0.1) is 5.82 Å². The zero-order valence-corrected chi connectivity index (χ0v) is 14.1. The van der Waals surface area contributed by atoms with Crippen molar-refractivity contribution >= 4 is 15.9 Å². The average molecular weight is 350 g/mol. The summed E-state index contributed by atoms with van der Waals surface area (Å²) in [6, 6.07) is 14.4. The molecule has 7 heteroatoms. The van der Waals surface area contributed by atoms with Crippen molar-refractivity contribution in [3.8, 4) is 0 Å². The number of nitrogens with zero attached hydrogens (tertiary/aromatic N) is 1. The molecule has 24 heavy (non-hydrogen) atoms. The van der Waals surface area contributed by atoms with Crippen LogP contribution < -0.4 is 5.32 Å². The van der Waals surface area contributed by atoms with Crippen LogP contribution in [0.2, 0.25) is 0 Å². The van der Waals surface area contributed by atoms with Gasteiger partial charge in [-0.2, -0.15) is 4.31 Å². The summed E-state index contributed by atoms with van der Waals surface area (Å²) in [5.74, 6) is -0.791. The molecule has 0 aliphatic carbocycles. The summed E-state index contributed by atoms with van der Waals surface area (Å²) in [5, 5.41) is 2.64. The van der Waals surface area contributed by atoms with Gasteiger partial charge < -0.3 is 5.32 Å². The van der Waals surface area contributed by atoms with Gasteiger partial charge in [0, 0.05) is 25.2 Å². The summed E-state index contributed by atoms with van der Waals surface area (Å²) in [6.45, 7) is 0.558. The molecule has 1 N–H and O–H groups in total. The summed E-state index contributed by atoms with van der Waals surface area (Å²) in [7, 11) is -3.40. The summed E-state index contributed by atoms with van der Waals surface area (Å²) >= 11 is 0. The van der Waals surface area contributed by atoms with Gasteiger partial charge in [0.2, 0.25) is 10.0 Å². The maximum Gasteiger partial charge on any atom is 0.251 e. The first-order valence-electron chi connectivity index (χ1n) is 7.39. The molecule has 0 bridgehead atoms. The van der Waals surface area contributed by atoms with Gasteiger partial charge in [0.05, 0.1) is 6.26 Å². The summed E-state index contributed by atoms with van der Waals surface area (Å²) in [6.07, 6.45) is 1.14. The Bertz CT molecular complexity index is 777. The molecule has 0 fully saturated rings. The molecule has 0 aliphatic heterocycles. The molecular weight excluding hydrogens is 331 g/mol. The average Bonchev–Trinajstić information content (AvgIpc) is 2.54. The molecule has 0 saturated heterocycles. The number of sulfonamides is 1. The Hall–Kier alpha value is -2.25. The molecule has 2 aromatic carbocycles. The lowest BCUT2D eigenvalue weighted by Gasteiger charge is -2.20. The van der Waals surface area contributed by atoms with Crippen LogP contribution in [0.15, 0.2) is 54.6 Å². The van der Waals surface area contributed by atoms with Crippen molar-refractivity contribution in [3.63, 3.8) is 0 Å². The van der Waals surface area contributed by atoms with E-state index in [-0.39, 0.29) is 25.5 Å². The maximum atomic E-state index is 12.8. The van der Waals surface area contributed by atoms with Crippen LogP contribution in [0.5, 0.6) is 0 Å². The minimum atomic E-state index is -3.40. The highest BCUT2D eigenvalue weighted by Gasteiger charge is 2.17. The molecule has 0 unspecified atom stereocenters. The third-order valence-corrected chi connectivity index (χ3v) is 4.67. The molecule has 0 spiro atoms. The Morgan fingerprint density at radius 3 is 2.29 bits per heavy atom. The van der Waals surface area contributed by atoms with Crippen molar-refractivity contribution in [1.29, 1.82) is 0 Å². The van der Waals surface area contributed by atoms with Crippen molar-refractivity contribution in [2.75, 3.05) is 19.3 Å². The number of hydrogen-bond acceptors (Lipinski definition) is 3. The van der Waals surface area contributed by atoms with Gasteiger partial charge in [-0.05, 0) is 29.8 Å². The summed E-state index contributed by atoms with van der Waals surface area (Å²) in [4.78, 5) is 11.9. The van der Waals surface area contributed by atoms with E-state index < -0.39 is 15.8 Å². The van der Waals surface area contributed by atoms with E-state index in [9.17, 15) is 17.6 Å². The predicted octanol–water partition coefficient (Wildman–Crippen LogP) is 2.02. The zero-order valence-electron chi connectivity index (χ0n) is 13.3. The van der Waals surface area contributed by atoms with E-state index in [0.717, 1.165) is 11.8 Å². The van der Waals surface area contributed by atoms with Crippen LogP contribution in [-0.4, -0.2) is 38.0 Å². The van der Waals surface area contributed by atoms with E-state index in [2.05, 4.69) is 5.32 Å². The number of nitrogens with one attached hydrogen (secondary N) is 1. The number of rotatable bonds is 7. The molecule has 1 amide bonds. The number of benzene rings is 2. The number of carbonyl (C=O) groups is 1. The lowest BCUT2D eigenvalue weighted by Crippen LogP contribution is -2.37. The standard InChI is InChI=1S/C17H19FN2O3S/c1-24(22,23)20(13-14-5-3-2-4-6-14)12-11-19-17(21)15-7-9-16(18)10-8-15/h2-10H,11-13H2,1H3,(H,19,21). The smallest absolute Gasteiger partial charge is 0.251 e. The Morgan fingerprint density at radius 1 is 1.08 bits per heavy atom. The Morgan fingerprint density at radius 2 is 1.71 bits per heavy atom. The summed E-state index contributed by atoms with van der Waals surface area (Å²) < 4.78 is 37.9. The van der Waals surface area contributed by atoms with Crippen LogP contribution in [0.4, 0.5) is 4.39 Å². The van der Waals surface area contributed by atoms with Crippen molar-refractivity contribution in [2.45, 2.75) is 6.54 Å². The van der Waals surface area contributed by atoms with Gasteiger partial charge in [-0.3, -0.25) is 4.79 Å². The van der Waals surface area contributed by atoms with E-state index in [1.165, 1.54) is 28.6 Å². The molecule has 0 atom stereocenters. The fraction of sp³-hybridized carbons (Fsp3) is 0.235. The number of hydrogen-bond donors (Lipinski definition) is 1. The second-order valence-corrected chi connectivity index (χ2v) is 7.33. The molecule has 2 aromatic rings. The molecule has 128 valence electrons. The van der Waals surface area contributed by atoms with Crippen LogP contribution in [0.3, 0.4) is 0 Å². The predicted molar refractivity (Wildman–Crippen MR) is 90.4 cm³/mol. The molecular formula is C17H19FN2O3S. The van der Waals surface area contributed by atoms with E-state index in [1.54, 1.807) is 0 Å². The Balaban J connectivity index is 1.93. The van der Waals surface area contributed by atoms with Gasteiger partial charge in [-0.25, -0.2) is 12.8 Å². The number of halogens is 1. The van der Waals surface area contributed by atoms with Gasteiger partial charge in [0.25, 0.3) is 5.91 Å². The van der Waals surface area contributed by atoms with E-state index in [4.69, 9.17) is 0 Å². The molecule has 0 radical (unpaired) electrons. The summed E-state index contributed by atoms with van der Waals surface area (Å²) in [5.41, 5.74) is 1.19. The maximum absolute atomic E-state index is 12.8. The van der Waals surface area contributed by atoms with E-state index >= 15 is 0 Å². The highest BCUT2D eigenvalue weighted by atomic mass is 32.2. The Labute approximate surface area is 141 Å². The third-order valence-electron chi connectivity index (χ3n) is 3.42. The highest BCUT2D eigenvalue weighted by Crippen LogP contribution is 2.08. The first-order chi connectivity index (χ1) is 11.4. The van der Waals surface area contributed by atoms with Crippen molar-refractivity contribution in [3.05, 3.63) is 71.5 Å². The monoisotopic (exact) mass is 350 g/mol. The van der Waals surface area contributed by atoms with Crippen molar-refractivity contribution < 1.29 is 17.6 Å². The molecule has 0 aliphatic rings. The fourth-order valence-corrected chi connectivity index (χ4v) is 2.95. The van der Waals surface area contributed by atoms with E-state index in [0.29, 0.717) is 5.56 Å². The lowest BCUT2D eigenvalue weighted by atomic mass is 10.2. The number of amides is 1. The first kappa shape index (κ1) is 18.1. The van der Waals surface area contributed by atoms with E-state index in [1.807, 2.05) is 30.3 Å². The minimum absolute atomic E-state index is 0.153. The SMILES string of the molecule is CS(=O)(=O)N(CCNC(=O)c1ccc(F)cc1)Cc1ccccc1. The van der Waals surface area contributed by atoms with Gasteiger partial charge in [-0.15, -0.1) is 0 Å². The first-order valence-corrected chi connectivity index (χ1v) is 9.24. The minimum Gasteiger partial charge on any atom is -0.351 e. The van der Waals surface area contributed by atoms with Crippen LogP contribution in [-0.2, 0) is 16.6 Å². The Kier molecular flexibility index (Phi) is 6.05. The van der Waals surface area contributed by atoms with Crippen LogP contribution >= 0.6 is 0 Å². The quantitative estimate of drug-likeness (QED) is 0.831.